The van der Waals surface area contributed by atoms with Crippen molar-refractivity contribution in [3.8, 4) is 17.4 Å². The number of benzene rings is 1. The fourth-order valence-electron chi connectivity index (χ4n) is 2.94. The number of nitrogens with one attached hydrogen (secondary N) is 1. The first-order chi connectivity index (χ1) is 15.1. The van der Waals surface area contributed by atoms with E-state index in [0.29, 0.717) is 30.2 Å². The van der Waals surface area contributed by atoms with Crippen molar-refractivity contribution in [3.05, 3.63) is 59.0 Å². The summed E-state index contributed by atoms with van der Waals surface area (Å²) in [6.07, 6.45) is 1.63. The lowest BCUT2D eigenvalue weighted by atomic mass is 10.2. The van der Waals surface area contributed by atoms with E-state index in [2.05, 4.69) is 10.4 Å². The fraction of sp³-hybridized carbons (Fsp3) is 0.286. The van der Waals surface area contributed by atoms with Crippen LogP contribution in [0, 0.1) is 0 Å². The number of hydrogen-bond acceptors (Lipinski definition) is 8. The van der Waals surface area contributed by atoms with E-state index in [1.165, 1.54) is 0 Å². The summed E-state index contributed by atoms with van der Waals surface area (Å²) in [5.41, 5.74) is 0.543. The summed E-state index contributed by atoms with van der Waals surface area (Å²) in [6.45, 7) is 2.60. The van der Waals surface area contributed by atoms with E-state index in [0.717, 1.165) is 21.6 Å². The number of ether oxygens (including phenoxy) is 1. The van der Waals surface area contributed by atoms with E-state index in [1.807, 2.05) is 31.2 Å². The molecule has 9 nitrogen and oxygen atoms in total. The van der Waals surface area contributed by atoms with Crippen LogP contribution in [0.25, 0.3) is 22.6 Å². The van der Waals surface area contributed by atoms with Gasteiger partial charge in [0.25, 0.3) is 5.89 Å². The van der Waals surface area contributed by atoms with Crippen LogP contribution in [-0.4, -0.2) is 34.6 Å². The van der Waals surface area contributed by atoms with Crippen molar-refractivity contribution in [2.24, 2.45) is 0 Å². The van der Waals surface area contributed by atoms with Gasteiger partial charge in [-0.2, -0.15) is 16.4 Å². The standard InChI is InChI=1S/C21H21N3O6S/c1-2-27-16-7-3-5-14-11-17(29-19(14)16)20-23-24(21(26)30-20)12-18(25)22-8-10-31-13-15-6-4-9-28-15/h3-7,9,11H,2,8,10,12-13H2,1H3,(H,22,25). The first-order valence-electron chi connectivity index (χ1n) is 9.74. The second-order valence-corrected chi connectivity index (χ2v) is 7.64. The number of para-hydroxylation sites is 1. The van der Waals surface area contributed by atoms with E-state index in [4.69, 9.17) is 18.0 Å². The largest absolute Gasteiger partial charge is 0.490 e. The van der Waals surface area contributed by atoms with E-state index in [-0.39, 0.29) is 24.1 Å². The minimum atomic E-state index is -0.733. The summed E-state index contributed by atoms with van der Waals surface area (Å²) >= 11 is 1.64. The number of amides is 1. The third-order valence-corrected chi connectivity index (χ3v) is 5.29. The van der Waals surface area contributed by atoms with Crippen molar-refractivity contribution < 1.29 is 22.8 Å². The summed E-state index contributed by atoms with van der Waals surface area (Å²) in [7, 11) is 0. The maximum atomic E-state index is 12.1. The number of carbonyl (C=O) groups excluding carboxylic acids is 1. The Hall–Kier alpha value is -3.40. The molecule has 0 unspecified atom stereocenters. The molecular weight excluding hydrogens is 422 g/mol. The van der Waals surface area contributed by atoms with Gasteiger partial charge < -0.3 is 23.3 Å². The maximum Gasteiger partial charge on any atom is 0.437 e. The lowest BCUT2D eigenvalue weighted by Crippen LogP contribution is -2.32. The van der Waals surface area contributed by atoms with E-state index in [1.54, 1.807) is 30.2 Å². The molecule has 0 saturated carbocycles. The number of furan rings is 2. The molecule has 0 atom stereocenters. The van der Waals surface area contributed by atoms with Gasteiger partial charge in [-0.3, -0.25) is 4.79 Å². The highest BCUT2D eigenvalue weighted by Crippen LogP contribution is 2.32. The van der Waals surface area contributed by atoms with Crippen LogP contribution in [-0.2, 0) is 17.1 Å². The minimum absolute atomic E-state index is 0.00505. The molecule has 0 radical (unpaired) electrons. The van der Waals surface area contributed by atoms with Crippen molar-refractivity contribution in [1.29, 1.82) is 0 Å². The Morgan fingerprint density at radius 3 is 2.97 bits per heavy atom. The van der Waals surface area contributed by atoms with Crippen LogP contribution in [0.1, 0.15) is 12.7 Å². The number of nitrogens with zero attached hydrogens (tertiary/aromatic N) is 2. The molecule has 0 fully saturated rings. The molecule has 4 aromatic rings. The zero-order chi connectivity index (χ0) is 21.6. The van der Waals surface area contributed by atoms with Gasteiger partial charge in [-0.15, -0.1) is 5.10 Å². The quantitative estimate of drug-likeness (QED) is 0.372. The molecule has 4 rings (SSSR count). The summed E-state index contributed by atoms with van der Waals surface area (Å²) < 4.78 is 22.7. The van der Waals surface area contributed by atoms with E-state index >= 15 is 0 Å². The van der Waals surface area contributed by atoms with Gasteiger partial charge in [0.15, 0.2) is 17.1 Å². The molecule has 1 amide bonds. The number of thioether (sulfide) groups is 1. The van der Waals surface area contributed by atoms with Gasteiger partial charge in [0.2, 0.25) is 5.91 Å². The third kappa shape index (κ3) is 5.02. The van der Waals surface area contributed by atoms with Crippen molar-refractivity contribution in [3.63, 3.8) is 0 Å². The van der Waals surface area contributed by atoms with Crippen molar-refractivity contribution in [2.45, 2.75) is 19.2 Å². The van der Waals surface area contributed by atoms with Gasteiger partial charge >= 0.3 is 5.76 Å². The number of aromatic nitrogens is 2. The zero-order valence-electron chi connectivity index (χ0n) is 16.8. The molecule has 1 N–H and O–H groups in total. The Bertz CT molecular complexity index is 1210. The topological polar surface area (TPSA) is 113 Å². The average Bonchev–Trinajstić information content (AvgIpc) is 3.49. The summed E-state index contributed by atoms with van der Waals surface area (Å²) in [5, 5.41) is 7.65. The molecule has 0 aliphatic heterocycles. The molecule has 1 aromatic carbocycles. The maximum absolute atomic E-state index is 12.1. The molecule has 0 aliphatic carbocycles. The molecule has 3 heterocycles. The Kier molecular flexibility index (Phi) is 6.46. The fourth-order valence-corrected chi connectivity index (χ4v) is 3.69. The smallest absolute Gasteiger partial charge is 0.437 e. The van der Waals surface area contributed by atoms with Gasteiger partial charge in [-0.05, 0) is 31.2 Å². The van der Waals surface area contributed by atoms with Gasteiger partial charge in [0.1, 0.15) is 12.3 Å². The molecule has 0 saturated heterocycles. The molecule has 0 spiro atoms. The summed E-state index contributed by atoms with van der Waals surface area (Å²) in [4.78, 5) is 24.3. The molecule has 162 valence electrons. The summed E-state index contributed by atoms with van der Waals surface area (Å²) in [6, 6.07) is 11.0. The minimum Gasteiger partial charge on any atom is -0.490 e. The van der Waals surface area contributed by atoms with Crippen LogP contribution in [0.5, 0.6) is 5.75 Å². The second kappa shape index (κ2) is 9.61. The summed E-state index contributed by atoms with van der Waals surface area (Å²) in [5.74, 6) is 2.16. The number of carbonyl (C=O) groups is 1. The molecule has 0 bridgehead atoms. The number of fused-ring (bicyclic) bond motifs is 1. The highest BCUT2D eigenvalue weighted by Gasteiger charge is 2.18. The Labute approximate surface area is 181 Å². The second-order valence-electron chi connectivity index (χ2n) is 6.53. The van der Waals surface area contributed by atoms with E-state index in [9.17, 15) is 9.59 Å². The SMILES string of the molecule is CCOc1cccc2cc(-c3nn(CC(=O)NCCSCc4ccco4)c(=O)o3)oc12. The molecule has 0 aliphatic rings. The molecule has 31 heavy (non-hydrogen) atoms. The highest BCUT2D eigenvalue weighted by molar-refractivity contribution is 7.98. The first kappa shape index (κ1) is 20.9. The van der Waals surface area contributed by atoms with Crippen LogP contribution < -0.4 is 15.8 Å². The zero-order valence-corrected chi connectivity index (χ0v) is 17.6. The van der Waals surface area contributed by atoms with Crippen LogP contribution >= 0.6 is 11.8 Å². The van der Waals surface area contributed by atoms with Crippen LogP contribution in [0.15, 0.2) is 60.7 Å². The Balaban J connectivity index is 1.35. The number of rotatable bonds is 10. The Morgan fingerprint density at radius 1 is 1.26 bits per heavy atom. The van der Waals surface area contributed by atoms with E-state index < -0.39 is 5.76 Å². The lowest BCUT2D eigenvalue weighted by molar-refractivity contribution is -0.121. The normalized spacial score (nSPS) is 11.1. The monoisotopic (exact) mass is 443 g/mol. The van der Waals surface area contributed by atoms with Crippen molar-refractivity contribution >= 4 is 28.6 Å². The molecular formula is C21H21N3O6S. The van der Waals surface area contributed by atoms with Crippen molar-refractivity contribution in [1.82, 2.24) is 15.1 Å². The molecule has 3 aromatic heterocycles. The van der Waals surface area contributed by atoms with Crippen LogP contribution in [0.3, 0.4) is 0 Å². The Morgan fingerprint density at radius 2 is 2.16 bits per heavy atom. The van der Waals surface area contributed by atoms with Gasteiger partial charge in [-0.25, -0.2) is 4.79 Å². The molecule has 10 heteroatoms. The first-order valence-corrected chi connectivity index (χ1v) is 10.9. The van der Waals surface area contributed by atoms with Crippen molar-refractivity contribution in [2.75, 3.05) is 18.9 Å². The average molecular weight is 443 g/mol. The van der Waals surface area contributed by atoms with Crippen LogP contribution in [0.4, 0.5) is 0 Å². The van der Waals surface area contributed by atoms with Gasteiger partial charge in [0.05, 0.1) is 18.6 Å². The predicted octanol–water partition coefficient (Wildman–Crippen LogP) is 3.29. The predicted molar refractivity (Wildman–Crippen MR) is 115 cm³/mol. The lowest BCUT2D eigenvalue weighted by Gasteiger charge is -2.03. The number of hydrogen-bond donors (Lipinski definition) is 1. The van der Waals surface area contributed by atoms with Gasteiger partial charge in [0, 0.05) is 17.7 Å². The van der Waals surface area contributed by atoms with Crippen LogP contribution in [0.2, 0.25) is 0 Å². The third-order valence-electron chi connectivity index (χ3n) is 4.31. The van der Waals surface area contributed by atoms with Gasteiger partial charge in [-0.1, -0.05) is 12.1 Å². The highest BCUT2D eigenvalue weighted by atomic mass is 32.2.